The summed E-state index contributed by atoms with van der Waals surface area (Å²) in [7, 11) is 7.62. The third kappa shape index (κ3) is 2.95. The number of ketones is 2. The van der Waals surface area contributed by atoms with Crippen molar-refractivity contribution in [3.63, 3.8) is 0 Å². The summed E-state index contributed by atoms with van der Waals surface area (Å²) in [6.45, 7) is 0. The van der Waals surface area contributed by atoms with Crippen LogP contribution in [0.5, 0.6) is 11.5 Å². The SMILES string of the molecule is COc1cc(N(C)C)c2c(c1O)C(=O)C1=C(O)[C@]3(O)C(=O)C(C(N)=O)=C(O)[C@@H](N(C)C)[C@]3(O)C[C@@H]1C2. The van der Waals surface area contributed by atoms with Crippen molar-refractivity contribution < 1.29 is 44.7 Å². The second-order valence-corrected chi connectivity index (χ2v) is 9.85. The van der Waals surface area contributed by atoms with Crippen molar-refractivity contribution in [3.8, 4) is 11.5 Å². The van der Waals surface area contributed by atoms with E-state index in [0.717, 1.165) is 0 Å². The van der Waals surface area contributed by atoms with Crippen molar-refractivity contribution in [1.82, 2.24) is 4.90 Å². The highest BCUT2D eigenvalue weighted by Gasteiger charge is 2.71. The molecule has 0 radical (unpaired) electrons. The minimum absolute atomic E-state index is 0.000603. The van der Waals surface area contributed by atoms with Crippen LogP contribution in [0.25, 0.3) is 0 Å². The van der Waals surface area contributed by atoms with E-state index < -0.39 is 69.9 Å². The predicted molar refractivity (Wildman–Crippen MR) is 126 cm³/mol. The van der Waals surface area contributed by atoms with Crippen LogP contribution in [-0.4, -0.2) is 100 Å². The molecule has 4 atom stereocenters. The number of rotatable bonds is 4. The number of likely N-dealkylation sites (N-methyl/N-ethyl adjacent to an activating group) is 1. The summed E-state index contributed by atoms with van der Waals surface area (Å²) in [6.07, 6.45) is -0.413. The zero-order valence-electron chi connectivity index (χ0n) is 20.5. The molecule has 36 heavy (non-hydrogen) atoms. The van der Waals surface area contributed by atoms with Gasteiger partial charge < -0.3 is 40.9 Å². The number of allylic oxidation sites excluding steroid dienone is 1. The van der Waals surface area contributed by atoms with Crippen LogP contribution >= 0.6 is 0 Å². The Morgan fingerprint density at radius 1 is 1.14 bits per heavy atom. The first kappa shape index (κ1) is 25.5. The fourth-order valence-electron chi connectivity index (χ4n) is 5.93. The molecule has 194 valence electrons. The largest absolute Gasteiger partial charge is 0.510 e. The van der Waals surface area contributed by atoms with Crippen molar-refractivity contribution >= 4 is 23.2 Å². The molecule has 0 aliphatic heterocycles. The number of amides is 1. The Kier molecular flexibility index (Phi) is 5.63. The Bertz CT molecular complexity index is 1280. The van der Waals surface area contributed by atoms with Gasteiger partial charge in [0.25, 0.3) is 5.91 Å². The minimum Gasteiger partial charge on any atom is -0.510 e. The summed E-state index contributed by atoms with van der Waals surface area (Å²) in [5, 5.41) is 56.3. The highest BCUT2D eigenvalue weighted by molar-refractivity contribution is 6.25. The van der Waals surface area contributed by atoms with Crippen molar-refractivity contribution in [2.75, 3.05) is 40.2 Å². The van der Waals surface area contributed by atoms with E-state index in [1.807, 2.05) is 0 Å². The number of carbonyl (C=O) groups is 3. The number of anilines is 1. The third-order valence-corrected chi connectivity index (χ3v) is 7.45. The second-order valence-electron chi connectivity index (χ2n) is 9.85. The molecule has 0 aromatic heterocycles. The molecule has 3 aliphatic rings. The van der Waals surface area contributed by atoms with Crippen molar-refractivity contribution in [1.29, 1.82) is 0 Å². The number of ether oxygens (including phenoxy) is 1. The van der Waals surface area contributed by atoms with Crippen molar-refractivity contribution in [2.45, 2.75) is 30.1 Å². The van der Waals surface area contributed by atoms with Gasteiger partial charge in [-0.05, 0) is 38.4 Å². The Hall–Kier alpha value is -3.61. The lowest BCUT2D eigenvalue weighted by Crippen LogP contribution is -2.75. The first-order valence-corrected chi connectivity index (χ1v) is 11.1. The fourth-order valence-corrected chi connectivity index (χ4v) is 5.93. The molecular weight excluding hydrogens is 474 g/mol. The van der Waals surface area contributed by atoms with Gasteiger partial charge in [0.2, 0.25) is 11.4 Å². The molecule has 1 aromatic carbocycles. The first-order chi connectivity index (χ1) is 16.6. The lowest BCUT2D eigenvalue weighted by atomic mass is 9.56. The molecule has 12 heteroatoms. The summed E-state index contributed by atoms with van der Waals surface area (Å²) in [5.41, 5.74) is -1.01. The van der Waals surface area contributed by atoms with Crippen LogP contribution < -0.4 is 15.4 Å². The van der Waals surface area contributed by atoms with Crippen LogP contribution in [-0.2, 0) is 16.0 Å². The monoisotopic (exact) mass is 503 g/mol. The summed E-state index contributed by atoms with van der Waals surface area (Å²) in [4.78, 5) is 42.1. The number of carbonyl (C=O) groups excluding carboxylic acids is 3. The zero-order valence-corrected chi connectivity index (χ0v) is 20.5. The molecule has 0 bridgehead atoms. The molecular formula is C24H29N3O9. The van der Waals surface area contributed by atoms with Gasteiger partial charge in [0.15, 0.2) is 17.3 Å². The summed E-state index contributed by atoms with van der Waals surface area (Å²) in [6, 6.07) is 0.0187. The van der Waals surface area contributed by atoms with E-state index in [2.05, 4.69) is 0 Å². The predicted octanol–water partition coefficient (Wildman–Crippen LogP) is -0.690. The molecule has 1 aromatic rings. The number of benzene rings is 1. The number of phenols is 1. The fraction of sp³-hybridized carbons (Fsp3) is 0.458. The highest BCUT2D eigenvalue weighted by Crippen LogP contribution is 2.55. The standard InChI is InChI=1S/C24H29N3O9/c1-26(2)11-7-12(36-5)16(28)14-10(11)6-9-8-23(34)19(27(3)4)18(30)15(22(25)33)21(32)24(23,35)20(31)13(9)17(14)29/h7,9,19,28,30-31,34-35H,6,8H2,1-5H3,(H2,25,33)/t9-,19+,23+,24-/m0/s1. The number of nitrogens with zero attached hydrogens (tertiary/aromatic N) is 2. The van der Waals surface area contributed by atoms with Gasteiger partial charge in [0.05, 0.1) is 12.7 Å². The van der Waals surface area contributed by atoms with Crippen LogP contribution in [0.1, 0.15) is 22.3 Å². The topological polar surface area (TPSA) is 194 Å². The van der Waals surface area contributed by atoms with Gasteiger partial charge in [-0.25, -0.2) is 0 Å². The maximum absolute atomic E-state index is 13.7. The number of methoxy groups -OCH3 is 1. The average Bonchev–Trinajstić information content (AvgIpc) is 2.76. The molecule has 0 heterocycles. The Balaban J connectivity index is 2.05. The number of primary amides is 1. The summed E-state index contributed by atoms with van der Waals surface area (Å²) in [5.74, 6) is -7.18. The lowest BCUT2D eigenvalue weighted by molar-refractivity contribution is -0.199. The summed E-state index contributed by atoms with van der Waals surface area (Å²) >= 11 is 0. The van der Waals surface area contributed by atoms with Gasteiger partial charge in [0, 0.05) is 31.4 Å². The van der Waals surface area contributed by atoms with Gasteiger partial charge in [-0.1, -0.05) is 0 Å². The Labute approximate surface area is 206 Å². The van der Waals surface area contributed by atoms with Crippen molar-refractivity contribution in [3.05, 3.63) is 39.9 Å². The number of aliphatic hydroxyl groups excluding tert-OH is 2. The number of aromatic hydroxyl groups is 1. The number of Topliss-reactive ketones (excluding diaryl/α,β-unsaturated/α-hetero) is 2. The van der Waals surface area contributed by atoms with Crippen LogP contribution in [0, 0.1) is 5.92 Å². The lowest BCUT2D eigenvalue weighted by Gasteiger charge is -2.55. The van der Waals surface area contributed by atoms with E-state index in [4.69, 9.17) is 10.5 Å². The normalized spacial score (nSPS) is 29.7. The molecule has 3 aliphatic carbocycles. The molecule has 12 nitrogen and oxygen atoms in total. The number of phenolic OH excluding ortho intramolecular Hbond substituents is 1. The van der Waals surface area contributed by atoms with Crippen LogP contribution in [0.4, 0.5) is 5.69 Å². The van der Waals surface area contributed by atoms with E-state index in [9.17, 15) is 39.9 Å². The van der Waals surface area contributed by atoms with E-state index in [-0.39, 0.29) is 23.3 Å². The first-order valence-electron chi connectivity index (χ1n) is 11.1. The minimum atomic E-state index is -3.17. The van der Waals surface area contributed by atoms with Crippen LogP contribution in [0.15, 0.2) is 28.7 Å². The average molecular weight is 504 g/mol. The van der Waals surface area contributed by atoms with Gasteiger partial charge in [0.1, 0.15) is 28.7 Å². The molecule has 0 saturated heterocycles. The molecule has 0 unspecified atom stereocenters. The quantitative estimate of drug-likeness (QED) is 0.285. The Morgan fingerprint density at radius 2 is 1.75 bits per heavy atom. The number of hydrogen-bond acceptors (Lipinski definition) is 11. The van der Waals surface area contributed by atoms with Crippen LogP contribution in [0.3, 0.4) is 0 Å². The van der Waals surface area contributed by atoms with Crippen LogP contribution in [0.2, 0.25) is 0 Å². The van der Waals surface area contributed by atoms with Gasteiger partial charge >= 0.3 is 0 Å². The smallest absolute Gasteiger partial charge is 0.255 e. The number of nitrogens with two attached hydrogens (primary N) is 1. The van der Waals surface area contributed by atoms with E-state index in [0.29, 0.717) is 11.3 Å². The molecule has 4 rings (SSSR count). The van der Waals surface area contributed by atoms with E-state index in [1.165, 1.54) is 26.1 Å². The molecule has 0 spiro atoms. The third-order valence-electron chi connectivity index (χ3n) is 7.45. The van der Waals surface area contributed by atoms with E-state index >= 15 is 0 Å². The molecule has 0 saturated carbocycles. The van der Waals surface area contributed by atoms with Gasteiger partial charge in [-0.3, -0.25) is 19.3 Å². The van der Waals surface area contributed by atoms with Gasteiger partial charge in [-0.2, -0.15) is 0 Å². The molecule has 1 amide bonds. The second kappa shape index (κ2) is 7.95. The zero-order chi connectivity index (χ0) is 27.1. The summed E-state index contributed by atoms with van der Waals surface area (Å²) < 4.78 is 5.20. The number of aliphatic hydroxyl groups is 4. The maximum atomic E-state index is 13.7. The maximum Gasteiger partial charge on any atom is 0.255 e. The highest BCUT2D eigenvalue weighted by atomic mass is 16.5. The van der Waals surface area contributed by atoms with E-state index in [1.54, 1.807) is 25.1 Å². The molecule has 7 N–H and O–H groups in total. The van der Waals surface area contributed by atoms with Gasteiger partial charge in [-0.15, -0.1) is 0 Å². The van der Waals surface area contributed by atoms with Crippen molar-refractivity contribution in [2.24, 2.45) is 11.7 Å². The number of hydrogen-bond donors (Lipinski definition) is 6. The Morgan fingerprint density at radius 3 is 2.25 bits per heavy atom. The number of fused-ring (bicyclic) bond motifs is 3. The molecule has 0 fully saturated rings.